The molecule has 0 fully saturated rings. The predicted molar refractivity (Wildman–Crippen MR) is 69.8 cm³/mol. The Balaban J connectivity index is 3.18. The first-order valence-electron chi connectivity index (χ1n) is 5.68. The summed E-state index contributed by atoms with van der Waals surface area (Å²) in [5.41, 5.74) is -0.243. The smallest absolute Gasteiger partial charge is 0.153 e. The SMILES string of the molecule is Cc1cc(C=O)c(O)c(C=NC(CO)(CO)CO)c1. The molecule has 0 atom stereocenters. The average Bonchev–Trinajstić information content (AvgIpc) is 2.44. The largest absolute Gasteiger partial charge is 0.507 e. The summed E-state index contributed by atoms with van der Waals surface area (Å²) < 4.78 is 0. The highest BCUT2D eigenvalue weighted by Gasteiger charge is 2.26. The van der Waals surface area contributed by atoms with Crippen LogP contribution in [-0.2, 0) is 0 Å². The zero-order valence-corrected chi connectivity index (χ0v) is 10.6. The molecule has 0 saturated carbocycles. The van der Waals surface area contributed by atoms with E-state index in [2.05, 4.69) is 4.99 Å². The molecule has 0 aliphatic carbocycles. The molecule has 0 unspecified atom stereocenters. The van der Waals surface area contributed by atoms with Crippen molar-refractivity contribution in [1.29, 1.82) is 0 Å². The maximum Gasteiger partial charge on any atom is 0.153 e. The Kier molecular flexibility index (Phi) is 5.17. The highest BCUT2D eigenvalue weighted by atomic mass is 16.3. The second-order valence-electron chi connectivity index (χ2n) is 4.37. The van der Waals surface area contributed by atoms with E-state index in [0.717, 1.165) is 5.56 Å². The first kappa shape index (κ1) is 15.3. The molecule has 0 aromatic heterocycles. The van der Waals surface area contributed by atoms with Crippen molar-refractivity contribution in [2.45, 2.75) is 12.5 Å². The van der Waals surface area contributed by atoms with Gasteiger partial charge in [0, 0.05) is 11.8 Å². The number of carbonyl (C=O) groups excluding carboxylic acids is 1. The zero-order chi connectivity index (χ0) is 14.5. The number of benzene rings is 1. The van der Waals surface area contributed by atoms with Gasteiger partial charge in [0.1, 0.15) is 11.3 Å². The molecule has 1 aromatic rings. The summed E-state index contributed by atoms with van der Waals surface area (Å²) in [5, 5.41) is 37.2. The van der Waals surface area contributed by atoms with E-state index in [4.69, 9.17) is 15.3 Å². The molecule has 0 saturated heterocycles. The van der Waals surface area contributed by atoms with Gasteiger partial charge >= 0.3 is 0 Å². The van der Waals surface area contributed by atoms with Gasteiger partial charge in [-0.05, 0) is 24.6 Å². The first-order valence-corrected chi connectivity index (χ1v) is 5.68. The van der Waals surface area contributed by atoms with Crippen LogP contribution in [-0.4, -0.2) is 58.3 Å². The topological polar surface area (TPSA) is 110 Å². The number of aliphatic hydroxyl groups excluding tert-OH is 3. The Morgan fingerprint density at radius 1 is 1.16 bits per heavy atom. The van der Waals surface area contributed by atoms with Crippen LogP contribution < -0.4 is 0 Å². The van der Waals surface area contributed by atoms with Gasteiger partial charge in [-0.25, -0.2) is 0 Å². The summed E-state index contributed by atoms with van der Waals surface area (Å²) >= 11 is 0. The second kappa shape index (κ2) is 6.42. The lowest BCUT2D eigenvalue weighted by atomic mass is 10.0. The molecule has 0 amide bonds. The third-order valence-electron chi connectivity index (χ3n) is 2.80. The Bertz CT molecular complexity index is 472. The lowest BCUT2D eigenvalue weighted by molar-refractivity contribution is 0.0718. The van der Waals surface area contributed by atoms with Crippen molar-refractivity contribution in [2.75, 3.05) is 19.8 Å². The molecule has 6 heteroatoms. The van der Waals surface area contributed by atoms with Gasteiger partial charge in [-0.3, -0.25) is 9.79 Å². The van der Waals surface area contributed by atoms with E-state index >= 15 is 0 Å². The summed E-state index contributed by atoms with van der Waals surface area (Å²) in [6.07, 6.45) is 1.75. The Morgan fingerprint density at radius 2 is 1.68 bits per heavy atom. The number of aromatic hydroxyl groups is 1. The van der Waals surface area contributed by atoms with Crippen molar-refractivity contribution >= 4 is 12.5 Å². The molecule has 1 rings (SSSR count). The third-order valence-corrected chi connectivity index (χ3v) is 2.80. The van der Waals surface area contributed by atoms with Crippen LogP contribution >= 0.6 is 0 Å². The van der Waals surface area contributed by atoms with E-state index in [1.807, 2.05) is 0 Å². The number of hydrogen-bond donors (Lipinski definition) is 4. The molecule has 6 nitrogen and oxygen atoms in total. The number of aliphatic hydroxyl groups is 3. The van der Waals surface area contributed by atoms with Crippen LogP contribution in [0.2, 0.25) is 0 Å². The number of phenolic OH excluding ortho intramolecular Hbond substituents is 1. The van der Waals surface area contributed by atoms with Gasteiger partial charge in [0.2, 0.25) is 0 Å². The van der Waals surface area contributed by atoms with Crippen LogP contribution in [0, 0.1) is 6.92 Å². The number of nitrogens with zero attached hydrogens (tertiary/aromatic N) is 1. The number of aldehydes is 1. The van der Waals surface area contributed by atoms with Crippen molar-refractivity contribution in [3.8, 4) is 5.75 Å². The normalized spacial score (nSPS) is 12.0. The summed E-state index contributed by atoms with van der Waals surface area (Å²) in [6, 6.07) is 3.12. The van der Waals surface area contributed by atoms with E-state index in [1.165, 1.54) is 12.3 Å². The van der Waals surface area contributed by atoms with E-state index in [1.54, 1.807) is 13.0 Å². The fourth-order valence-electron chi connectivity index (χ4n) is 1.50. The summed E-state index contributed by atoms with van der Waals surface area (Å²) in [5.74, 6) is -0.230. The minimum atomic E-state index is -1.41. The molecule has 0 heterocycles. The van der Waals surface area contributed by atoms with Gasteiger partial charge in [-0.15, -0.1) is 0 Å². The number of hydrogen-bond acceptors (Lipinski definition) is 6. The van der Waals surface area contributed by atoms with Crippen LogP contribution in [0.3, 0.4) is 0 Å². The quantitative estimate of drug-likeness (QED) is 0.416. The number of rotatable bonds is 6. The van der Waals surface area contributed by atoms with Gasteiger partial charge in [-0.2, -0.15) is 0 Å². The minimum Gasteiger partial charge on any atom is -0.507 e. The summed E-state index contributed by atoms with van der Waals surface area (Å²) in [6.45, 7) is 0.137. The minimum absolute atomic E-state index is 0.129. The number of phenols is 1. The molecule has 4 N–H and O–H groups in total. The van der Waals surface area contributed by atoms with E-state index in [9.17, 15) is 9.90 Å². The van der Waals surface area contributed by atoms with Crippen LogP contribution in [0.15, 0.2) is 17.1 Å². The summed E-state index contributed by atoms with van der Waals surface area (Å²) in [7, 11) is 0. The van der Waals surface area contributed by atoms with Crippen LogP contribution in [0.5, 0.6) is 5.75 Å². The molecule has 0 aliphatic heterocycles. The fourth-order valence-corrected chi connectivity index (χ4v) is 1.50. The fraction of sp³-hybridized carbons (Fsp3) is 0.385. The van der Waals surface area contributed by atoms with E-state index in [0.29, 0.717) is 6.29 Å². The Labute approximate surface area is 110 Å². The lowest BCUT2D eigenvalue weighted by Gasteiger charge is -2.22. The number of aliphatic imine (C=N–C) groups is 1. The Hall–Kier alpha value is -1.76. The van der Waals surface area contributed by atoms with Crippen molar-refractivity contribution in [2.24, 2.45) is 4.99 Å². The standard InChI is InChI=1S/C13H17NO5/c1-9-2-10(12(19)11(3-9)5-15)4-14-13(6-16,7-17)8-18/h2-5,16-19H,6-8H2,1H3. The molecule has 104 valence electrons. The second-order valence-corrected chi connectivity index (χ2v) is 4.37. The molecule has 0 aliphatic rings. The van der Waals surface area contributed by atoms with Crippen molar-refractivity contribution < 1.29 is 25.2 Å². The van der Waals surface area contributed by atoms with Crippen molar-refractivity contribution in [3.05, 3.63) is 28.8 Å². The monoisotopic (exact) mass is 267 g/mol. The van der Waals surface area contributed by atoms with Crippen LogP contribution in [0.4, 0.5) is 0 Å². The van der Waals surface area contributed by atoms with Crippen molar-refractivity contribution in [1.82, 2.24) is 0 Å². The van der Waals surface area contributed by atoms with E-state index in [-0.39, 0.29) is 16.9 Å². The van der Waals surface area contributed by atoms with Crippen molar-refractivity contribution in [3.63, 3.8) is 0 Å². The number of aryl methyl sites for hydroxylation is 1. The highest BCUT2D eigenvalue weighted by Crippen LogP contribution is 2.22. The molecule has 0 spiro atoms. The molecule has 0 bridgehead atoms. The van der Waals surface area contributed by atoms with E-state index < -0.39 is 25.4 Å². The van der Waals surface area contributed by atoms with Gasteiger partial charge in [-0.1, -0.05) is 0 Å². The lowest BCUT2D eigenvalue weighted by Crippen LogP contribution is -2.39. The van der Waals surface area contributed by atoms with Crippen LogP contribution in [0.1, 0.15) is 21.5 Å². The molecule has 1 aromatic carbocycles. The maximum atomic E-state index is 10.8. The highest BCUT2D eigenvalue weighted by molar-refractivity contribution is 5.90. The van der Waals surface area contributed by atoms with Gasteiger partial charge < -0.3 is 20.4 Å². The first-order chi connectivity index (χ1) is 9.01. The molecular weight excluding hydrogens is 250 g/mol. The molecule has 19 heavy (non-hydrogen) atoms. The Morgan fingerprint density at radius 3 is 2.16 bits per heavy atom. The number of carbonyl (C=O) groups is 1. The summed E-state index contributed by atoms with van der Waals surface area (Å²) in [4.78, 5) is 14.7. The molecule has 0 radical (unpaired) electrons. The predicted octanol–water partition coefficient (Wildman–Crippen LogP) is -0.352. The third kappa shape index (κ3) is 3.37. The van der Waals surface area contributed by atoms with Crippen LogP contribution in [0.25, 0.3) is 0 Å². The molecular formula is C13H17NO5. The average molecular weight is 267 g/mol. The van der Waals surface area contributed by atoms with Gasteiger partial charge in [0.25, 0.3) is 0 Å². The maximum absolute atomic E-state index is 10.8. The van der Waals surface area contributed by atoms with Gasteiger partial charge in [0.05, 0.1) is 25.4 Å². The zero-order valence-electron chi connectivity index (χ0n) is 10.6. The van der Waals surface area contributed by atoms with Gasteiger partial charge in [0.15, 0.2) is 6.29 Å².